The Morgan fingerprint density at radius 3 is 2.53 bits per heavy atom. The number of hydrogen-bond acceptors (Lipinski definition) is 3. The van der Waals surface area contributed by atoms with Crippen LogP contribution in [0.4, 0.5) is 0 Å². The molecule has 5 nitrogen and oxygen atoms in total. The molecule has 1 aliphatic rings. The third kappa shape index (κ3) is 2.43. The van der Waals surface area contributed by atoms with Gasteiger partial charge in [0.1, 0.15) is 0 Å². The molecule has 1 rings (SSSR count). The van der Waals surface area contributed by atoms with Crippen LogP contribution in [0.1, 0.15) is 27.2 Å². The van der Waals surface area contributed by atoms with Gasteiger partial charge in [-0.1, -0.05) is 25.9 Å². The zero-order valence-electron chi connectivity index (χ0n) is 9.75. The summed E-state index contributed by atoms with van der Waals surface area (Å²) in [6.45, 7) is 6.13. The van der Waals surface area contributed by atoms with Gasteiger partial charge in [-0.05, 0) is 17.9 Å². The minimum atomic E-state index is -0.262. The Labute approximate surface area is 90.4 Å². The Kier molecular flexibility index (Phi) is 4.39. The molecule has 5 heteroatoms. The van der Waals surface area contributed by atoms with Gasteiger partial charge in [0.2, 0.25) is 0 Å². The van der Waals surface area contributed by atoms with Crippen LogP contribution in [-0.4, -0.2) is 25.5 Å². The van der Waals surface area contributed by atoms with Gasteiger partial charge < -0.3 is 9.47 Å². The van der Waals surface area contributed by atoms with Gasteiger partial charge in [-0.3, -0.25) is 0 Å². The fourth-order valence-electron chi connectivity index (χ4n) is 2.29. The van der Waals surface area contributed by atoms with Crippen molar-refractivity contribution in [2.75, 3.05) is 7.11 Å². The van der Waals surface area contributed by atoms with Gasteiger partial charge in [0.05, 0.1) is 6.10 Å². The molecule has 0 aromatic heterocycles. The van der Waals surface area contributed by atoms with Gasteiger partial charge in [0, 0.05) is 24.0 Å². The number of hydrogen-bond donors (Lipinski definition) is 0. The van der Waals surface area contributed by atoms with Gasteiger partial charge in [0.15, 0.2) is 6.29 Å². The molecule has 86 valence electrons. The lowest BCUT2D eigenvalue weighted by atomic mass is 9.83. The summed E-state index contributed by atoms with van der Waals surface area (Å²) in [5.41, 5.74) is 8.55. The van der Waals surface area contributed by atoms with Crippen molar-refractivity contribution in [3.8, 4) is 0 Å². The molecule has 1 aliphatic heterocycles. The predicted octanol–water partition coefficient (Wildman–Crippen LogP) is 2.72. The summed E-state index contributed by atoms with van der Waals surface area (Å²) in [6.07, 6.45) is 0.758. The number of ether oxygens (including phenoxy) is 2. The highest BCUT2D eigenvalue weighted by molar-refractivity contribution is 4.89. The van der Waals surface area contributed by atoms with Crippen molar-refractivity contribution in [1.82, 2.24) is 0 Å². The molecule has 1 fully saturated rings. The van der Waals surface area contributed by atoms with Gasteiger partial charge in [-0.25, -0.2) is 0 Å². The smallest absolute Gasteiger partial charge is 0.160 e. The molecule has 0 saturated carbocycles. The van der Waals surface area contributed by atoms with Crippen molar-refractivity contribution in [3.63, 3.8) is 0 Å². The van der Waals surface area contributed by atoms with Crippen LogP contribution in [0.25, 0.3) is 10.4 Å². The normalized spacial score (nSPS) is 40.9. The lowest BCUT2D eigenvalue weighted by Crippen LogP contribution is -2.48. The number of nitrogens with zero attached hydrogens (tertiary/aromatic N) is 3. The molecule has 0 N–H and O–H groups in total. The van der Waals surface area contributed by atoms with Crippen LogP contribution in [0.3, 0.4) is 0 Å². The van der Waals surface area contributed by atoms with E-state index in [4.69, 9.17) is 15.0 Å². The Balaban J connectivity index is 2.85. The topological polar surface area (TPSA) is 67.2 Å². The Morgan fingerprint density at radius 2 is 2.07 bits per heavy atom. The first-order valence-corrected chi connectivity index (χ1v) is 5.38. The van der Waals surface area contributed by atoms with Crippen molar-refractivity contribution in [2.24, 2.45) is 17.0 Å². The van der Waals surface area contributed by atoms with E-state index in [0.717, 1.165) is 6.42 Å². The summed E-state index contributed by atoms with van der Waals surface area (Å²) in [6, 6.07) is -0.0429. The minimum Gasteiger partial charge on any atom is -0.356 e. The molecule has 0 amide bonds. The average Bonchev–Trinajstić information content (AvgIpc) is 2.25. The first kappa shape index (κ1) is 12.3. The van der Waals surface area contributed by atoms with E-state index in [1.807, 2.05) is 6.92 Å². The van der Waals surface area contributed by atoms with Gasteiger partial charge >= 0.3 is 0 Å². The van der Waals surface area contributed by atoms with E-state index in [-0.39, 0.29) is 30.3 Å². The molecule has 0 aliphatic carbocycles. The van der Waals surface area contributed by atoms with E-state index in [2.05, 4.69) is 23.9 Å². The molecule has 0 aromatic rings. The van der Waals surface area contributed by atoms with Gasteiger partial charge in [-0.15, -0.1) is 0 Å². The Bertz CT molecular complexity index is 237. The fourth-order valence-corrected chi connectivity index (χ4v) is 2.29. The van der Waals surface area contributed by atoms with Crippen molar-refractivity contribution in [2.45, 2.75) is 45.6 Å². The third-order valence-electron chi connectivity index (χ3n) is 3.22. The highest BCUT2D eigenvalue weighted by Gasteiger charge is 2.40. The molecular weight excluding hydrogens is 194 g/mol. The fraction of sp³-hybridized carbons (Fsp3) is 1.00. The van der Waals surface area contributed by atoms with E-state index < -0.39 is 0 Å². The zero-order valence-corrected chi connectivity index (χ0v) is 9.75. The molecule has 0 radical (unpaired) electrons. The highest BCUT2D eigenvalue weighted by atomic mass is 16.7. The summed E-state index contributed by atoms with van der Waals surface area (Å²) in [5, 5.41) is 3.86. The lowest BCUT2D eigenvalue weighted by Gasteiger charge is -2.42. The molecule has 15 heavy (non-hydrogen) atoms. The maximum Gasteiger partial charge on any atom is 0.160 e. The number of methoxy groups -OCH3 is 1. The lowest BCUT2D eigenvalue weighted by molar-refractivity contribution is -0.226. The van der Waals surface area contributed by atoms with Gasteiger partial charge in [0.25, 0.3) is 0 Å². The van der Waals surface area contributed by atoms with Crippen LogP contribution < -0.4 is 0 Å². The summed E-state index contributed by atoms with van der Waals surface area (Å²) in [4.78, 5) is 2.91. The SMILES string of the molecule is CCC1O[C@H](OC)C(C)[C@@H](N=[N+]=[N-])[C@@H]1C. The van der Waals surface area contributed by atoms with Crippen LogP contribution >= 0.6 is 0 Å². The molecular formula is C10H19N3O2. The van der Waals surface area contributed by atoms with Crippen LogP contribution in [0, 0.1) is 11.8 Å². The first-order valence-electron chi connectivity index (χ1n) is 5.38. The third-order valence-corrected chi connectivity index (χ3v) is 3.22. The number of azide groups is 1. The second-order valence-corrected chi connectivity index (χ2v) is 4.10. The minimum absolute atomic E-state index is 0.0429. The summed E-state index contributed by atoms with van der Waals surface area (Å²) in [7, 11) is 1.62. The summed E-state index contributed by atoms with van der Waals surface area (Å²) >= 11 is 0. The largest absolute Gasteiger partial charge is 0.356 e. The van der Waals surface area contributed by atoms with Crippen LogP contribution in [0.15, 0.2) is 5.11 Å². The van der Waals surface area contributed by atoms with Crippen molar-refractivity contribution in [3.05, 3.63) is 10.4 Å². The summed E-state index contributed by atoms with van der Waals surface area (Å²) < 4.78 is 11.0. The van der Waals surface area contributed by atoms with Crippen molar-refractivity contribution in [1.29, 1.82) is 0 Å². The zero-order chi connectivity index (χ0) is 11.4. The molecule has 1 saturated heterocycles. The molecule has 1 heterocycles. The molecule has 0 spiro atoms. The molecule has 0 aromatic carbocycles. The average molecular weight is 213 g/mol. The van der Waals surface area contributed by atoms with Crippen molar-refractivity contribution >= 4 is 0 Å². The van der Waals surface area contributed by atoms with E-state index in [1.165, 1.54) is 0 Å². The Hall–Kier alpha value is -0.770. The maximum atomic E-state index is 8.55. The van der Waals surface area contributed by atoms with Crippen molar-refractivity contribution < 1.29 is 9.47 Å². The standard InChI is InChI=1S/C10H19N3O2/c1-5-8-6(2)9(12-13-11)7(3)10(14-4)15-8/h6-10H,5H2,1-4H3/t6-,7?,8?,9+,10+/m1/s1. The van der Waals surface area contributed by atoms with Crippen LogP contribution in [-0.2, 0) is 9.47 Å². The van der Waals surface area contributed by atoms with E-state index in [9.17, 15) is 0 Å². The second kappa shape index (κ2) is 5.35. The van der Waals surface area contributed by atoms with Crippen LogP contribution in [0.5, 0.6) is 0 Å². The predicted molar refractivity (Wildman–Crippen MR) is 57.2 cm³/mol. The first-order chi connectivity index (χ1) is 7.15. The quantitative estimate of drug-likeness (QED) is 0.411. The van der Waals surface area contributed by atoms with E-state index in [0.29, 0.717) is 0 Å². The van der Waals surface area contributed by atoms with E-state index >= 15 is 0 Å². The maximum absolute atomic E-state index is 8.55. The highest BCUT2D eigenvalue weighted by Crippen LogP contribution is 2.33. The Morgan fingerprint density at radius 1 is 1.40 bits per heavy atom. The molecule has 5 atom stereocenters. The van der Waals surface area contributed by atoms with E-state index in [1.54, 1.807) is 7.11 Å². The second-order valence-electron chi connectivity index (χ2n) is 4.10. The summed E-state index contributed by atoms with van der Waals surface area (Å²) in [5.74, 6) is 0.344. The molecule has 0 bridgehead atoms. The van der Waals surface area contributed by atoms with Crippen LogP contribution in [0.2, 0.25) is 0 Å². The molecule has 2 unspecified atom stereocenters. The van der Waals surface area contributed by atoms with Gasteiger partial charge in [-0.2, -0.15) is 0 Å². The number of rotatable bonds is 3. The monoisotopic (exact) mass is 213 g/mol.